The molecule has 0 aliphatic carbocycles. The Morgan fingerprint density at radius 2 is 1.42 bits per heavy atom. The van der Waals surface area contributed by atoms with Crippen LogP contribution in [0.15, 0.2) is 66.7 Å². The van der Waals surface area contributed by atoms with E-state index in [1.54, 1.807) is 18.2 Å². The average molecular weight is 416 g/mol. The van der Waals surface area contributed by atoms with Crippen LogP contribution in [0.25, 0.3) is 0 Å². The molecule has 3 aromatic carbocycles. The lowest BCUT2D eigenvalue weighted by molar-refractivity contribution is -0.114. The van der Waals surface area contributed by atoms with Crippen LogP contribution in [0.4, 0.5) is 17.1 Å². The van der Waals surface area contributed by atoms with Crippen molar-refractivity contribution in [1.82, 2.24) is 0 Å². The van der Waals surface area contributed by atoms with Gasteiger partial charge in [-0.25, -0.2) is 0 Å². The van der Waals surface area contributed by atoms with Gasteiger partial charge in [0.15, 0.2) is 0 Å². The second-order valence-corrected chi connectivity index (χ2v) is 7.43. The SMILES string of the molecule is CCc1cccc(CC)c1NC(=O)CNc1ccccc1C(=O)Nc1ccc(C)cc1. The molecule has 2 amide bonds. The smallest absolute Gasteiger partial charge is 0.257 e. The molecule has 5 heteroatoms. The molecule has 0 spiro atoms. The van der Waals surface area contributed by atoms with Gasteiger partial charge in [-0.15, -0.1) is 0 Å². The van der Waals surface area contributed by atoms with E-state index in [9.17, 15) is 9.59 Å². The second-order valence-electron chi connectivity index (χ2n) is 7.43. The molecule has 3 N–H and O–H groups in total. The van der Waals surface area contributed by atoms with E-state index >= 15 is 0 Å². The Balaban J connectivity index is 1.68. The topological polar surface area (TPSA) is 70.2 Å². The molecular formula is C26H29N3O2. The van der Waals surface area contributed by atoms with E-state index in [4.69, 9.17) is 0 Å². The summed E-state index contributed by atoms with van der Waals surface area (Å²) in [6, 6.07) is 20.9. The Labute approximate surface area is 183 Å². The highest BCUT2D eigenvalue weighted by molar-refractivity contribution is 6.08. The van der Waals surface area contributed by atoms with Gasteiger partial charge in [0.1, 0.15) is 0 Å². The third-order valence-electron chi connectivity index (χ3n) is 5.18. The number of hydrogen-bond acceptors (Lipinski definition) is 3. The quantitative estimate of drug-likeness (QED) is 0.460. The molecular weight excluding hydrogens is 386 g/mol. The molecule has 5 nitrogen and oxygen atoms in total. The Morgan fingerprint density at radius 1 is 0.774 bits per heavy atom. The summed E-state index contributed by atoms with van der Waals surface area (Å²) in [5.41, 5.74) is 6.08. The first-order valence-corrected chi connectivity index (χ1v) is 10.6. The highest BCUT2D eigenvalue weighted by Crippen LogP contribution is 2.23. The van der Waals surface area contributed by atoms with Gasteiger partial charge in [-0.3, -0.25) is 9.59 Å². The van der Waals surface area contributed by atoms with Crippen LogP contribution in [-0.4, -0.2) is 18.4 Å². The fraction of sp³-hybridized carbons (Fsp3) is 0.231. The van der Waals surface area contributed by atoms with Gasteiger partial charge in [0.25, 0.3) is 5.91 Å². The zero-order valence-electron chi connectivity index (χ0n) is 18.3. The standard InChI is InChI=1S/C26H29N3O2/c1-4-19-9-8-10-20(5-2)25(19)29-24(30)17-27-23-12-7-6-11-22(23)26(31)28-21-15-13-18(3)14-16-21/h6-16,27H,4-5,17H2,1-3H3,(H,28,31)(H,29,30). The largest absolute Gasteiger partial charge is 0.376 e. The van der Waals surface area contributed by atoms with Gasteiger partial charge in [0.2, 0.25) is 5.91 Å². The Bertz CT molecular complexity index is 1040. The summed E-state index contributed by atoms with van der Waals surface area (Å²) >= 11 is 0. The Kier molecular flexibility index (Phi) is 7.44. The van der Waals surface area contributed by atoms with E-state index in [1.807, 2.05) is 55.5 Å². The van der Waals surface area contributed by atoms with E-state index < -0.39 is 0 Å². The summed E-state index contributed by atoms with van der Waals surface area (Å²) in [7, 11) is 0. The maximum Gasteiger partial charge on any atom is 0.257 e. The number of rotatable bonds is 8. The van der Waals surface area contributed by atoms with Crippen LogP contribution in [-0.2, 0) is 17.6 Å². The first-order valence-electron chi connectivity index (χ1n) is 10.6. The molecule has 0 radical (unpaired) electrons. The van der Waals surface area contributed by atoms with E-state index in [0.29, 0.717) is 11.3 Å². The maximum atomic E-state index is 12.8. The molecule has 0 unspecified atom stereocenters. The van der Waals surface area contributed by atoms with E-state index in [1.165, 1.54) is 0 Å². The zero-order valence-corrected chi connectivity index (χ0v) is 18.3. The molecule has 0 saturated heterocycles. The van der Waals surface area contributed by atoms with Crippen LogP contribution in [0.2, 0.25) is 0 Å². The van der Waals surface area contributed by atoms with Crippen molar-refractivity contribution in [1.29, 1.82) is 0 Å². The van der Waals surface area contributed by atoms with Crippen LogP contribution in [0, 0.1) is 6.92 Å². The lowest BCUT2D eigenvalue weighted by Gasteiger charge is -2.16. The third kappa shape index (κ3) is 5.72. The molecule has 0 aromatic heterocycles. The van der Waals surface area contributed by atoms with Crippen molar-refractivity contribution < 1.29 is 9.59 Å². The zero-order chi connectivity index (χ0) is 22.2. The normalized spacial score (nSPS) is 10.4. The molecule has 0 fully saturated rings. The van der Waals surface area contributed by atoms with Gasteiger partial charge in [-0.1, -0.05) is 61.9 Å². The third-order valence-corrected chi connectivity index (χ3v) is 5.18. The van der Waals surface area contributed by atoms with Gasteiger partial charge in [0, 0.05) is 17.1 Å². The van der Waals surface area contributed by atoms with E-state index in [-0.39, 0.29) is 18.4 Å². The first kappa shape index (κ1) is 22.1. The van der Waals surface area contributed by atoms with E-state index in [2.05, 4.69) is 29.8 Å². The van der Waals surface area contributed by atoms with Crippen molar-refractivity contribution >= 4 is 28.9 Å². The van der Waals surface area contributed by atoms with Crippen molar-refractivity contribution in [2.45, 2.75) is 33.6 Å². The molecule has 3 rings (SSSR count). The Morgan fingerprint density at radius 3 is 2.06 bits per heavy atom. The van der Waals surface area contributed by atoms with Crippen LogP contribution in [0.3, 0.4) is 0 Å². The van der Waals surface area contributed by atoms with Crippen LogP contribution >= 0.6 is 0 Å². The van der Waals surface area contributed by atoms with Crippen LogP contribution in [0.1, 0.15) is 40.9 Å². The summed E-state index contributed by atoms with van der Waals surface area (Å²) in [6.07, 6.45) is 1.69. The molecule has 160 valence electrons. The maximum absolute atomic E-state index is 12.8. The number of nitrogens with one attached hydrogen (secondary N) is 3. The van der Waals surface area contributed by atoms with Crippen molar-refractivity contribution in [2.75, 3.05) is 22.5 Å². The predicted octanol–water partition coefficient (Wildman–Crippen LogP) is 5.42. The number of benzene rings is 3. The average Bonchev–Trinajstić information content (AvgIpc) is 2.79. The van der Waals surface area contributed by atoms with Gasteiger partial charge < -0.3 is 16.0 Å². The minimum absolute atomic E-state index is 0.0655. The number of para-hydroxylation sites is 2. The lowest BCUT2D eigenvalue weighted by atomic mass is 10.0. The predicted molar refractivity (Wildman–Crippen MR) is 128 cm³/mol. The number of amides is 2. The monoisotopic (exact) mass is 415 g/mol. The molecule has 3 aromatic rings. The molecule has 0 saturated carbocycles. The number of aryl methyl sites for hydroxylation is 3. The summed E-state index contributed by atoms with van der Waals surface area (Å²) in [5, 5.41) is 9.06. The van der Waals surface area contributed by atoms with Crippen LogP contribution < -0.4 is 16.0 Å². The van der Waals surface area contributed by atoms with Gasteiger partial charge in [0.05, 0.1) is 12.1 Å². The van der Waals surface area contributed by atoms with Crippen molar-refractivity contribution in [3.63, 3.8) is 0 Å². The Hall–Kier alpha value is -3.60. The number of carbonyl (C=O) groups excluding carboxylic acids is 2. The number of hydrogen-bond donors (Lipinski definition) is 3. The van der Waals surface area contributed by atoms with Gasteiger partial charge in [-0.2, -0.15) is 0 Å². The summed E-state index contributed by atoms with van der Waals surface area (Å²) < 4.78 is 0. The summed E-state index contributed by atoms with van der Waals surface area (Å²) in [5.74, 6) is -0.374. The molecule has 0 bridgehead atoms. The van der Waals surface area contributed by atoms with Crippen molar-refractivity contribution in [3.05, 3.63) is 89.0 Å². The number of carbonyl (C=O) groups is 2. The minimum Gasteiger partial charge on any atom is -0.376 e. The molecule has 0 aliphatic rings. The lowest BCUT2D eigenvalue weighted by Crippen LogP contribution is -2.24. The van der Waals surface area contributed by atoms with Gasteiger partial charge >= 0.3 is 0 Å². The fourth-order valence-electron chi connectivity index (χ4n) is 3.43. The van der Waals surface area contributed by atoms with Crippen molar-refractivity contribution in [3.8, 4) is 0 Å². The summed E-state index contributed by atoms with van der Waals surface area (Å²) in [6.45, 7) is 6.21. The molecule has 0 aliphatic heterocycles. The second kappa shape index (κ2) is 10.4. The summed E-state index contributed by atoms with van der Waals surface area (Å²) in [4.78, 5) is 25.4. The highest BCUT2D eigenvalue weighted by atomic mass is 16.2. The minimum atomic E-state index is -0.225. The first-order chi connectivity index (χ1) is 15.0. The fourth-order valence-corrected chi connectivity index (χ4v) is 3.43. The van der Waals surface area contributed by atoms with Crippen LogP contribution in [0.5, 0.6) is 0 Å². The number of anilines is 3. The highest BCUT2D eigenvalue weighted by Gasteiger charge is 2.14. The van der Waals surface area contributed by atoms with Gasteiger partial charge in [-0.05, 0) is 55.2 Å². The molecule has 31 heavy (non-hydrogen) atoms. The molecule has 0 heterocycles. The van der Waals surface area contributed by atoms with E-state index in [0.717, 1.165) is 40.9 Å². The molecule has 0 atom stereocenters. The van der Waals surface area contributed by atoms with Crippen molar-refractivity contribution in [2.24, 2.45) is 0 Å².